The number of rotatable bonds is 7. The predicted molar refractivity (Wildman–Crippen MR) is 142 cm³/mol. The molecule has 0 aliphatic rings. The van der Waals surface area contributed by atoms with E-state index in [-0.39, 0.29) is 0 Å². The van der Waals surface area contributed by atoms with Gasteiger partial charge in [-0.05, 0) is 46.2 Å². The summed E-state index contributed by atoms with van der Waals surface area (Å²) in [5.74, 6) is 1.27. The van der Waals surface area contributed by atoms with E-state index in [0.717, 1.165) is 27.8 Å². The van der Waals surface area contributed by atoms with Crippen molar-refractivity contribution in [3.8, 4) is 28.8 Å². The lowest BCUT2D eigenvalue weighted by Crippen LogP contribution is -1.97. The summed E-state index contributed by atoms with van der Waals surface area (Å²) in [6, 6.07) is 32.5. The lowest BCUT2D eigenvalue weighted by molar-refractivity contribution is 0.284. The van der Waals surface area contributed by atoms with E-state index in [0.29, 0.717) is 28.7 Å². The Bertz CT molecular complexity index is 1550. The van der Waals surface area contributed by atoms with E-state index in [1.54, 1.807) is 7.11 Å². The topological polar surface area (TPSA) is 55.1 Å². The molecule has 170 valence electrons. The Hall–Kier alpha value is -4.40. The molecule has 5 aromatic rings. The van der Waals surface area contributed by atoms with Gasteiger partial charge >= 0.3 is 0 Å². The van der Waals surface area contributed by atoms with Crippen molar-refractivity contribution >= 4 is 33.8 Å². The highest BCUT2D eigenvalue weighted by Gasteiger charge is 2.11. The maximum atomic E-state index is 9.85. The van der Waals surface area contributed by atoms with Crippen LogP contribution >= 0.6 is 11.3 Å². The summed E-state index contributed by atoms with van der Waals surface area (Å²) in [5.41, 5.74) is 4.32. The Balaban J connectivity index is 1.38. The fourth-order valence-electron chi connectivity index (χ4n) is 3.82. The van der Waals surface area contributed by atoms with Crippen molar-refractivity contribution < 1.29 is 9.47 Å². The molecule has 1 heterocycles. The molecule has 0 fully saturated rings. The van der Waals surface area contributed by atoms with Gasteiger partial charge in [-0.1, -0.05) is 72.8 Å². The first-order chi connectivity index (χ1) is 17.2. The first kappa shape index (κ1) is 22.4. The van der Waals surface area contributed by atoms with Crippen LogP contribution in [0.1, 0.15) is 16.1 Å². The maximum Gasteiger partial charge on any atom is 0.161 e. The second kappa shape index (κ2) is 10.3. The second-order valence-electron chi connectivity index (χ2n) is 7.95. The van der Waals surface area contributed by atoms with Crippen LogP contribution in [0.2, 0.25) is 0 Å². The molecule has 0 bridgehead atoms. The average molecular weight is 475 g/mol. The number of ether oxygens (including phenoxy) is 2. The minimum absolute atomic E-state index is 0.451. The number of aromatic nitrogens is 1. The van der Waals surface area contributed by atoms with Gasteiger partial charge in [0, 0.05) is 10.9 Å². The summed E-state index contributed by atoms with van der Waals surface area (Å²) in [5, 5.41) is 14.9. The average Bonchev–Trinajstić information content (AvgIpc) is 3.41. The molecule has 5 rings (SSSR count). The molecule has 5 heteroatoms. The molecule has 35 heavy (non-hydrogen) atoms. The second-order valence-corrected chi connectivity index (χ2v) is 8.81. The number of nitriles is 1. The molecule has 4 aromatic carbocycles. The molecule has 1 aromatic heterocycles. The van der Waals surface area contributed by atoms with E-state index in [4.69, 9.17) is 14.5 Å². The molecule has 0 saturated carbocycles. The fourth-order valence-corrected chi connectivity index (χ4v) is 4.61. The maximum absolute atomic E-state index is 9.85. The quantitative estimate of drug-likeness (QED) is 0.228. The Kier molecular flexibility index (Phi) is 6.56. The van der Waals surface area contributed by atoms with Gasteiger partial charge < -0.3 is 9.47 Å². The number of hydrogen-bond donors (Lipinski definition) is 0. The van der Waals surface area contributed by atoms with Gasteiger partial charge in [0.2, 0.25) is 0 Å². The van der Waals surface area contributed by atoms with Crippen molar-refractivity contribution in [3.63, 3.8) is 0 Å². The molecule has 0 aliphatic heterocycles. The summed E-state index contributed by atoms with van der Waals surface area (Å²) in [7, 11) is 1.61. The van der Waals surface area contributed by atoms with Crippen LogP contribution in [0.3, 0.4) is 0 Å². The highest BCUT2D eigenvalue weighted by molar-refractivity contribution is 7.11. The van der Waals surface area contributed by atoms with Crippen LogP contribution in [-0.2, 0) is 6.61 Å². The minimum atomic E-state index is 0.451. The van der Waals surface area contributed by atoms with Gasteiger partial charge in [-0.2, -0.15) is 5.26 Å². The van der Waals surface area contributed by atoms with Crippen LogP contribution in [0, 0.1) is 11.3 Å². The van der Waals surface area contributed by atoms with Gasteiger partial charge in [0.25, 0.3) is 0 Å². The summed E-state index contributed by atoms with van der Waals surface area (Å²) in [4.78, 5) is 4.75. The van der Waals surface area contributed by atoms with E-state index in [2.05, 4.69) is 36.4 Å². The summed E-state index contributed by atoms with van der Waals surface area (Å²) in [6.07, 6.45) is 1.83. The van der Waals surface area contributed by atoms with Crippen LogP contribution in [0.5, 0.6) is 11.5 Å². The van der Waals surface area contributed by atoms with Crippen LogP contribution in [0.15, 0.2) is 96.4 Å². The van der Waals surface area contributed by atoms with E-state index in [9.17, 15) is 5.26 Å². The zero-order valence-corrected chi connectivity index (χ0v) is 20.0. The molecule has 0 saturated heterocycles. The van der Waals surface area contributed by atoms with E-state index in [1.165, 1.54) is 16.7 Å². The van der Waals surface area contributed by atoms with Crippen LogP contribution in [-0.4, -0.2) is 12.1 Å². The zero-order valence-electron chi connectivity index (χ0n) is 19.1. The van der Waals surface area contributed by atoms with Crippen LogP contribution < -0.4 is 9.47 Å². The van der Waals surface area contributed by atoms with Crippen molar-refractivity contribution in [2.45, 2.75) is 6.61 Å². The normalized spacial score (nSPS) is 11.3. The van der Waals surface area contributed by atoms with Gasteiger partial charge in [0.05, 0.1) is 18.4 Å². The lowest BCUT2D eigenvalue weighted by Gasteiger charge is -2.11. The third-order valence-corrected chi connectivity index (χ3v) is 6.51. The molecule has 4 nitrogen and oxygen atoms in total. The molecule has 0 unspecified atom stereocenters. The third-order valence-electron chi connectivity index (χ3n) is 5.64. The highest BCUT2D eigenvalue weighted by atomic mass is 32.1. The molecule has 0 N–H and O–H groups in total. The fraction of sp³-hybridized carbons (Fsp3) is 0.0667. The van der Waals surface area contributed by atoms with Crippen molar-refractivity contribution in [2.75, 3.05) is 7.11 Å². The standard InChI is InChI=1S/C30H22N2O2S/c1-33-29-16-22(11-14-28(29)34-19-21-7-3-2-4-8-21)15-26(18-31)30-32-27(20-35-30)25-13-12-23-9-5-6-10-24(23)17-25/h2-17,20H,19H2,1H3/b26-15+. The van der Waals surface area contributed by atoms with Gasteiger partial charge in [0.15, 0.2) is 11.5 Å². The van der Waals surface area contributed by atoms with Crippen molar-refractivity contribution in [1.29, 1.82) is 5.26 Å². The molecule has 0 atom stereocenters. The van der Waals surface area contributed by atoms with Gasteiger partial charge in [-0.3, -0.25) is 0 Å². The molecule has 0 spiro atoms. The number of benzene rings is 4. The molecule has 0 aliphatic carbocycles. The summed E-state index contributed by atoms with van der Waals surface area (Å²) in [6.45, 7) is 0.451. The number of allylic oxidation sites excluding steroid dienone is 1. The minimum Gasteiger partial charge on any atom is -0.493 e. The number of thiazole rings is 1. The molecule has 0 amide bonds. The SMILES string of the molecule is COc1cc(/C=C(\C#N)c2nc(-c3ccc4ccccc4c3)cs2)ccc1OCc1ccccc1. The van der Waals surface area contributed by atoms with Crippen molar-refractivity contribution in [1.82, 2.24) is 4.98 Å². The highest BCUT2D eigenvalue weighted by Crippen LogP contribution is 2.32. The van der Waals surface area contributed by atoms with Gasteiger partial charge in [-0.25, -0.2) is 4.98 Å². The van der Waals surface area contributed by atoms with Crippen LogP contribution in [0.25, 0.3) is 33.7 Å². The Labute approximate surface area is 208 Å². The molecular weight excluding hydrogens is 452 g/mol. The number of methoxy groups -OCH3 is 1. The number of fused-ring (bicyclic) bond motifs is 1. The predicted octanol–water partition coefficient (Wildman–Crippen LogP) is 7.62. The van der Waals surface area contributed by atoms with Crippen molar-refractivity contribution in [3.05, 3.63) is 113 Å². The first-order valence-electron chi connectivity index (χ1n) is 11.1. The monoisotopic (exact) mass is 474 g/mol. The third kappa shape index (κ3) is 5.08. The lowest BCUT2D eigenvalue weighted by atomic mass is 10.1. The van der Waals surface area contributed by atoms with E-state index in [1.807, 2.05) is 72.1 Å². The summed E-state index contributed by atoms with van der Waals surface area (Å²) < 4.78 is 11.5. The number of nitrogens with zero attached hydrogens (tertiary/aromatic N) is 2. The van der Waals surface area contributed by atoms with Crippen LogP contribution in [0.4, 0.5) is 0 Å². The van der Waals surface area contributed by atoms with E-state index >= 15 is 0 Å². The van der Waals surface area contributed by atoms with E-state index < -0.39 is 0 Å². The van der Waals surface area contributed by atoms with Gasteiger partial charge in [0.1, 0.15) is 17.7 Å². The smallest absolute Gasteiger partial charge is 0.161 e. The molecular formula is C30H22N2O2S. The number of hydrogen-bond acceptors (Lipinski definition) is 5. The molecule has 0 radical (unpaired) electrons. The zero-order chi connectivity index (χ0) is 24.0. The Morgan fingerprint density at radius 1 is 0.914 bits per heavy atom. The largest absolute Gasteiger partial charge is 0.493 e. The van der Waals surface area contributed by atoms with Crippen molar-refractivity contribution in [2.24, 2.45) is 0 Å². The summed E-state index contributed by atoms with van der Waals surface area (Å²) >= 11 is 1.46. The Morgan fingerprint density at radius 2 is 1.71 bits per heavy atom. The van der Waals surface area contributed by atoms with Gasteiger partial charge in [-0.15, -0.1) is 11.3 Å². The Morgan fingerprint density at radius 3 is 2.51 bits per heavy atom. The first-order valence-corrected chi connectivity index (χ1v) is 12.0.